The molecule has 0 saturated carbocycles. The van der Waals surface area contributed by atoms with E-state index in [4.69, 9.17) is 0 Å². The number of nitrogens with zero attached hydrogens (tertiary/aromatic N) is 1. The third-order valence-corrected chi connectivity index (χ3v) is 5.99. The zero-order valence-corrected chi connectivity index (χ0v) is 12.5. The van der Waals surface area contributed by atoms with E-state index >= 15 is 0 Å². The summed E-state index contributed by atoms with van der Waals surface area (Å²) in [4.78, 5) is 40.2. The van der Waals surface area contributed by atoms with Gasteiger partial charge in [0.25, 0.3) is 0 Å². The zero-order valence-electron chi connectivity index (χ0n) is 12.5. The number of hydrogen-bond donors (Lipinski definition) is 2. The Morgan fingerprint density at radius 2 is 1.87 bits per heavy atom. The van der Waals surface area contributed by atoms with E-state index < -0.39 is 17.4 Å². The molecule has 3 saturated heterocycles. The molecular formula is C17H17N3O3. The lowest BCUT2D eigenvalue weighted by Crippen LogP contribution is -2.56. The van der Waals surface area contributed by atoms with Crippen molar-refractivity contribution in [3.05, 3.63) is 29.8 Å². The third kappa shape index (κ3) is 1.36. The minimum absolute atomic E-state index is 0.0305. The van der Waals surface area contributed by atoms with E-state index in [1.807, 2.05) is 24.3 Å². The first kappa shape index (κ1) is 13.2. The molecule has 5 rings (SSSR count). The van der Waals surface area contributed by atoms with Gasteiger partial charge in [0.1, 0.15) is 5.54 Å². The number of hydrogen-bond acceptors (Lipinski definition) is 4. The second-order valence-corrected chi connectivity index (χ2v) is 6.88. The molecule has 0 aliphatic carbocycles. The molecule has 6 nitrogen and oxygen atoms in total. The second kappa shape index (κ2) is 4.20. The Bertz CT molecular complexity index is 761. The number of carbonyl (C=O) groups is 3. The van der Waals surface area contributed by atoms with Crippen molar-refractivity contribution in [3.8, 4) is 0 Å². The van der Waals surface area contributed by atoms with Crippen molar-refractivity contribution in [2.75, 3.05) is 11.9 Å². The van der Waals surface area contributed by atoms with Gasteiger partial charge in [0.05, 0.1) is 11.8 Å². The van der Waals surface area contributed by atoms with Gasteiger partial charge in [-0.05, 0) is 25.5 Å². The number of amides is 3. The highest BCUT2D eigenvalue weighted by atomic mass is 16.2. The number of para-hydroxylation sites is 1. The van der Waals surface area contributed by atoms with Gasteiger partial charge < -0.3 is 5.32 Å². The van der Waals surface area contributed by atoms with E-state index in [2.05, 4.69) is 15.5 Å². The normalized spacial score (nSPS) is 38.3. The second-order valence-electron chi connectivity index (χ2n) is 6.88. The van der Waals surface area contributed by atoms with Crippen LogP contribution in [-0.4, -0.2) is 35.2 Å². The van der Waals surface area contributed by atoms with E-state index in [0.29, 0.717) is 0 Å². The van der Waals surface area contributed by atoms with Gasteiger partial charge in [-0.25, -0.2) is 0 Å². The van der Waals surface area contributed by atoms with Gasteiger partial charge in [-0.15, -0.1) is 0 Å². The highest BCUT2D eigenvalue weighted by Crippen LogP contribution is 2.58. The van der Waals surface area contributed by atoms with Crippen LogP contribution in [-0.2, 0) is 19.9 Å². The minimum atomic E-state index is -1.03. The van der Waals surface area contributed by atoms with Gasteiger partial charge in [-0.2, -0.15) is 0 Å². The van der Waals surface area contributed by atoms with E-state index in [0.717, 1.165) is 37.1 Å². The summed E-state index contributed by atoms with van der Waals surface area (Å²) in [5.41, 5.74) is 0.576. The maximum atomic E-state index is 13.1. The van der Waals surface area contributed by atoms with Crippen molar-refractivity contribution < 1.29 is 14.4 Å². The molecule has 0 unspecified atom stereocenters. The SMILES string of the molecule is O=C1NC(=O)[C@H]2[C@H]1[C@H]1CCCCN1[C@]21C(=O)Nc2ccccc21. The topological polar surface area (TPSA) is 78.5 Å². The standard InChI is InChI=1S/C17H17N3O3/c21-14-12-11-7-3-4-8-20(11)17(13(12)15(22)19-14)9-5-1-2-6-10(9)18-16(17)23/h1-2,5-6,11-13H,3-4,7-8H2,(H,18,23)(H,19,21,22)/t11-,12-,13-,17+/m1/s1. The molecule has 4 aliphatic heterocycles. The van der Waals surface area contributed by atoms with Crippen molar-refractivity contribution in [3.63, 3.8) is 0 Å². The average Bonchev–Trinajstić information content (AvgIpc) is 3.13. The van der Waals surface area contributed by atoms with Gasteiger partial charge in [-0.3, -0.25) is 24.6 Å². The molecule has 3 fully saturated rings. The molecule has 2 N–H and O–H groups in total. The van der Waals surface area contributed by atoms with Crippen LogP contribution >= 0.6 is 0 Å². The fraction of sp³-hybridized carbons (Fsp3) is 0.471. The maximum absolute atomic E-state index is 13.1. The Balaban J connectivity index is 1.79. The lowest BCUT2D eigenvalue weighted by Gasteiger charge is -2.41. The van der Waals surface area contributed by atoms with Gasteiger partial charge in [0.2, 0.25) is 17.7 Å². The summed E-state index contributed by atoms with van der Waals surface area (Å²) >= 11 is 0. The van der Waals surface area contributed by atoms with E-state index in [9.17, 15) is 14.4 Å². The molecule has 0 radical (unpaired) electrons. The molecule has 3 amide bonds. The summed E-state index contributed by atoms with van der Waals surface area (Å²) in [5.74, 6) is -1.73. The minimum Gasteiger partial charge on any atom is -0.324 e. The first-order valence-electron chi connectivity index (χ1n) is 8.18. The molecule has 1 spiro atoms. The van der Waals surface area contributed by atoms with Crippen molar-refractivity contribution in [2.45, 2.75) is 30.8 Å². The van der Waals surface area contributed by atoms with Crippen molar-refractivity contribution in [1.29, 1.82) is 0 Å². The van der Waals surface area contributed by atoms with Gasteiger partial charge in [-0.1, -0.05) is 24.6 Å². The molecule has 23 heavy (non-hydrogen) atoms. The largest absolute Gasteiger partial charge is 0.324 e. The van der Waals surface area contributed by atoms with Crippen LogP contribution in [0.15, 0.2) is 24.3 Å². The number of nitrogens with one attached hydrogen (secondary N) is 2. The summed E-state index contributed by atoms with van der Waals surface area (Å²) in [6.07, 6.45) is 2.88. The van der Waals surface area contributed by atoms with Gasteiger partial charge in [0, 0.05) is 17.3 Å². The predicted octanol–water partition coefficient (Wildman–Crippen LogP) is 0.591. The van der Waals surface area contributed by atoms with E-state index in [1.54, 1.807) is 0 Å². The zero-order chi connectivity index (χ0) is 15.8. The first-order valence-corrected chi connectivity index (χ1v) is 8.18. The Morgan fingerprint density at radius 1 is 1.04 bits per heavy atom. The van der Waals surface area contributed by atoms with Crippen molar-refractivity contribution in [1.82, 2.24) is 10.2 Å². The summed E-state index contributed by atoms with van der Waals surface area (Å²) in [5, 5.41) is 5.41. The van der Waals surface area contributed by atoms with Crippen LogP contribution in [0.2, 0.25) is 0 Å². The highest BCUT2D eigenvalue weighted by Gasteiger charge is 2.72. The van der Waals surface area contributed by atoms with Crippen molar-refractivity contribution in [2.24, 2.45) is 11.8 Å². The number of fused-ring (bicyclic) bond motifs is 7. The number of piperidine rings is 1. The third-order valence-electron chi connectivity index (χ3n) is 5.99. The predicted molar refractivity (Wildman–Crippen MR) is 81.2 cm³/mol. The molecule has 1 aromatic rings. The molecule has 0 aromatic heterocycles. The van der Waals surface area contributed by atoms with E-state index in [1.165, 1.54) is 0 Å². The van der Waals surface area contributed by atoms with Crippen LogP contribution in [0.4, 0.5) is 5.69 Å². The summed E-state index contributed by atoms with van der Waals surface area (Å²) in [6, 6.07) is 7.51. The lowest BCUT2D eigenvalue weighted by atomic mass is 9.76. The quantitative estimate of drug-likeness (QED) is 0.688. The van der Waals surface area contributed by atoms with Gasteiger partial charge >= 0.3 is 0 Å². The Morgan fingerprint density at radius 3 is 2.74 bits per heavy atom. The van der Waals surface area contributed by atoms with Crippen LogP contribution in [0.3, 0.4) is 0 Å². The molecule has 118 valence electrons. The van der Waals surface area contributed by atoms with Crippen LogP contribution < -0.4 is 10.6 Å². The molecule has 1 aromatic carbocycles. The average molecular weight is 311 g/mol. The smallest absolute Gasteiger partial charge is 0.250 e. The lowest BCUT2D eigenvalue weighted by molar-refractivity contribution is -0.138. The first-order chi connectivity index (χ1) is 11.2. The number of rotatable bonds is 0. The number of benzene rings is 1. The number of carbonyl (C=O) groups excluding carboxylic acids is 3. The highest BCUT2D eigenvalue weighted by molar-refractivity contribution is 6.15. The van der Waals surface area contributed by atoms with Crippen LogP contribution in [0.25, 0.3) is 0 Å². The van der Waals surface area contributed by atoms with Gasteiger partial charge in [0.15, 0.2) is 0 Å². The molecular weight excluding hydrogens is 294 g/mol. The Kier molecular flexibility index (Phi) is 2.42. The summed E-state index contributed by atoms with van der Waals surface area (Å²) < 4.78 is 0. The maximum Gasteiger partial charge on any atom is 0.250 e. The molecule has 4 heterocycles. The van der Waals surface area contributed by atoms with Crippen LogP contribution in [0.5, 0.6) is 0 Å². The fourth-order valence-corrected chi connectivity index (χ4v) is 5.25. The number of anilines is 1. The molecule has 6 heteroatoms. The molecule has 4 atom stereocenters. The molecule has 4 aliphatic rings. The Hall–Kier alpha value is -2.21. The fourth-order valence-electron chi connectivity index (χ4n) is 5.25. The van der Waals surface area contributed by atoms with Crippen molar-refractivity contribution >= 4 is 23.4 Å². The van der Waals surface area contributed by atoms with E-state index in [-0.39, 0.29) is 23.8 Å². The summed E-state index contributed by atoms with van der Waals surface area (Å²) in [7, 11) is 0. The monoisotopic (exact) mass is 311 g/mol. The Labute approximate surface area is 133 Å². The molecule has 0 bridgehead atoms. The van der Waals surface area contributed by atoms with Crippen LogP contribution in [0, 0.1) is 11.8 Å². The number of imide groups is 1. The van der Waals surface area contributed by atoms with Crippen LogP contribution in [0.1, 0.15) is 24.8 Å². The summed E-state index contributed by atoms with van der Waals surface area (Å²) in [6.45, 7) is 0.750.